The molecule has 2 aromatic rings. The second kappa shape index (κ2) is 9.43. The first-order valence-corrected chi connectivity index (χ1v) is 11.5. The zero-order valence-corrected chi connectivity index (χ0v) is 18.9. The van der Waals surface area contributed by atoms with Crippen LogP contribution in [0.25, 0.3) is 0 Å². The van der Waals surface area contributed by atoms with Crippen molar-refractivity contribution in [3.05, 3.63) is 35.2 Å². The van der Waals surface area contributed by atoms with Gasteiger partial charge < -0.3 is 9.64 Å². The number of tetrazole rings is 1. The van der Waals surface area contributed by atoms with E-state index in [0.29, 0.717) is 5.92 Å². The van der Waals surface area contributed by atoms with Crippen molar-refractivity contribution in [2.45, 2.75) is 65.6 Å². The second-order valence-corrected chi connectivity index (χ2v) is 9.24. The molecule has 4 rings (SSSR count). The van der Waals surface area contributed by atoms with Crippen LogP contribution in [-0.2, 0) is 11.3 Å². The minimum Gasteiger partial charge on any atom is -0.376 e. The van der Waals surface area contributed by atoms with Gasteiger partial charge in [-0.2, -0.15) is 0 Å². The number of anilines is 1. The van der Waals surface area contributed by atoms with Gasteiger partial charge >= 0.3 is 0 Å². The lowest BCUT2D eigenvalue weighted by atomic mass is 10.0. The van der Waals surface area contributed by atoms with E-state index in [4.69, 9.17) is 4.74 Å². The lowest BCUT2D eigenvalue weighted by molar-refractivity contribution is 0.0885. The van der Waals surface area contributed by atoms with Crippen LogP contribution in [0.1, 0.15) is 56.1 Å². The number of aromatic nitrogens is 4. The molecule has 7 heteroatoms. The Hall–Kier alpha value is -1.99. The van der Waals surface area contributed by atoms with E-state index in [1.165, 1.54) is 16.8 Å². The van der Waals surface area contributed by atoms with E-state index in [1.807, 2.05) is 4.68 Å². The Morgan fingerprint density at radius 2 is 1.93 bits per heavy atom. The summed E-state index contributed by atoms with van der Waals surface area (Å²) in [6, 6.07) is 6.88. The molecule has 0 aliphatic carbocycles. The summed E-state index contributed by atoms with van der Waals surface area (Å²) in [5.41, 5.74) is 4.13. The predicted molar refractivity (Wildman–Crippen MR) is 119 cm³/mol. The summed E-state index contributed by atoms with van der Waals surface area (Å²) in [5, 5.41) is 12.8. The summed E-state index contributed by atoms with van der Waals surface area (Å²) in [4.78, 5) is 5.11. The Kier molecular flexibility index (Phi) is 6.68. The molecule has 7 nitrogen and oxygen atoms in total. The molecule has 0 bridgehead atoms. The molecule has 2 aliphatic rings. The maximum Gasteiger partial charge on any atom is 0.168 e. The van der Waals surface area contributed by atoms with Crippen LogP contribution in [0.15, 0.2) is 18.2 Å². The van der Waals surface area contributed by atoms with E-state index in [9.17, 15) is 0 Å². The van der Waals surface area contributed by atoms with Crippen molar-refractivity contribution in [1.82, 2.24) is 25.1 Å². The number of rotatable bonds is 7. The van der Waals surface area contributed by atoms with Gasteiger partial charge in [0.2, 0.25) is 0 Å². The quantitative estimate of drug-likeness (QED) is 0.695. The molecule has 0 radical (unpaired) electrons. The summed E-state index contributed by atoms with van der Waals surface area (Å²) < 4.78 is 7.83. The van der Waals surface area contributed by atoms with Crippen molar-refractivity contribution in [3.8, 4) is 0 Å². The van der Waals surface area contributed by atoms with Crippen molar-refractivity contribution < 1.29 is 4.74 Å². The summed E-state index contributed by atoms with van der Waals surface area (Å²) in [7, 11) is 0. The molecule has 164 valence electrons. The van der Waals surface area contributed by atoms with Gasteiger partial charge in [-0.05, 0) is 66.6 Å². The number of aryl methyl sites for hydroxylation is 1. The SMILES string of the molecule is Cc1cccc(N2CCN([C@H](CC(C)C)c3nnnn3C[C@H]3CCCO3)CC2)c1C. The van der Waals surface area contributed by atoms with Crippen molar-refractivity contribution in [2.24, 2.45) is 5.92 Å². The summed E-state index contributed by atoms with van der Waals surface area (Å²) >= 11 is 0. The molecule has 1 aromatic carbocycles. The van der Waals surface area contributed by atoms with Crippen molar-refractivity contribution >= 4 is 5.69 Å². The van der Waals surface area contributed by atoms with Gasteiger partial charge in [0.1, 0.15) is 0 Å². The van der Waals surface area contributed by atoms with Gasteiger partial charge in [0.25, 0.3) is 0 Å². The highest BCUT2D eigenvalue weighted by molar-refractivity contribution is 5.56. The van der Waals surface area contributed by atoms with Crippen LogP contribution in [0.5, 0.6) is 0 Å². The smallest absolute Gasteiger partial charge is 0.168 e. The Bertz CT molecular complexity index is 821. The second-order valence-electron chi connectivity index (χ2n) is 9.24. The lowest BCUT2D eigenvalue weighted by Gasteiger charge is -2.40. The number of benzene rings is 1. The highest BCUT2D eigenvalue weighted by atomic mass is 16.5. The fourth-order valence-corrected chi connectivity index (χ4v) is 4.78. The molecule has 0 N–H and O–H groups in total. The van der Waals surface area contributed by atoms with Crippen molar-refractivity contribution in [2.75, 3.05) is 37.7 Å². The van der Waals surface area contributed by atoms with E-state index < -0.39 is 0 Å². The van der Waals surface area contributed by atoms with Crippen LogP contribution >= 0.6 is 0 Å². The summed E-state index contributed by atoms with van der Waals surface area (Å²) in [6.07, 6.45) is 3.55. The highest BCUT2D eigenvalue weighted by Gasteiger charge is 2.31. The molecular weight excluding hydrogens is 376 g/mol. The maximum absolute atomic E-state index is 5.83. The standard InChI is InChI=1S/C23H36N6O/c1-17(2)15-22(23-24-25-26-29(23)16-20-8-6-14-30-20)28-12-10-27(11-13-28)21-9-5-7-18(3)19(21)4/h5,7,9,17,20,22H,6,8,10-16H2,1-4H3/t20-,22-/m1/s1. The maximum atomic E-state index is 5.83. The average molecular weight is 413 g/mol. The van der Waals surface area contributed by atoms with Crippen LogP contribution in [0, 0.1) is 19.8 Å². The number of hydrogen-bond donors (Lipinski definition) is 0. The topological polar surface area (TPSA) is 59.3 Å². The Morgan fingerprint density at radius 3 is 2.63 bits per heavy atom. The van der Waals surface area contributed by atoms with E-state index in [-0.39, 0.29) is 12.1 Å². The molecule has 2 aliphatic heterocycles. The highest BCUT2D eigenvalue weighted by Crippen LogP contribution is 2.30. The fourth-order valence-electron chi connectivity index (χ4n) is 4.78. The van der Waals surface area contributed by atoms with Gasteiger partial charge in [0.15, 0.2) is 5.82 Å². The Labute approximate surface area is 180 Å². The van der Waals surface area contributed by atoms with Crippen LogP contribution in [0.2, 0.25) is 0 Å². The van der Waals surface area contributed by atoms with Gasteiger partial charge in [-0.1, -0.05) is 26.0 Å². The van der Waals surface area contributed by atoms with Crippen LogP contribution < -0.4 is 4.90 Å². The number of ether oxygens (including phenoxy) is 1. The van der Waals surface area contributed by atoms with Gasteiger partial charge in [-0.15, -0.1) is 5.10 Å². The zero-order valence-electron chi connectivity index (χ0n) is 18.9. The van der Waals surface area contributed by atoms with Crippen LogP contribution in [0.4, 0.5) is 5.69 Å². The Morgan fingerprint density at radius 1 is 1.13 bits per heavy atom. The number of nitrogens with zero attached hydrogens (tertiary/aromatic N) is 6. The summed E-state index contributed by atoms with van der Waals surface area (Å²) in [5.74, 6) is 1.58. The average Bonchev–Trinajstić information content (AvgIpc) is 3.41. The largest absolute Gasteiger partial charge is 0.376 e. The lowest BCUT2D eigenvalue weighted by Crippen LogP contribution is -2.48. The van der Waals surface area contributed by atoms with Crippen LogP contribution in [0.3, 0.4) is 0 Å². The third-order valence-electron chi connectivity index (χ3n) is 6.62. The minimum absolute atomic E-state index is 0.244. The fraction of sp³-hybridized carbons (Fsp3) is 0.696. The first kappa shape index (κ1) is 21.2. The number of hydrogen-bond acceptors (Lipinski definition) is 6. The monoisotopic (exact) mass is 412 g/mol. The molecular formula is C23H36N6O. The van der Waals surface area contributed by atoms with Crippen molar-refractivity contribution in [3.63, 3.8) is 0 Å². The molecule has 0 spiro atoms. The molecule has 2 saturated heterocycles. The molecule has 2 fully saturated rings. The number of piperazine rings is 1. The van der Waals surface area contributed by atoms with E-state index in [1.54, 1.807) is 0 Å². The van der Waals surface area contributed by atoms with Crippen molar-refractivity contribution in [1.29, 1.82) is 0 Å². The first-order valence-electron chi connectivity index (χ1n) is 11.5. The molecule has 0 unspecified atom stereocenters. The molecule has 2 atom stereocenters. The predicted octanol–water partition coefficient (Wildman–Crippen LogP) is 3.38. The molecule has 0 saturated carbocycles. The summed E-state index contributed by atoms with van der Waals surface area (Å²) in [6.45, 7) is 14.7. The van der Waals surface area contributed by atoms with Crippen LogP contribution in [-0.4, -0.2) is 64.0 Å². The molecule has 3 heterocycles. The van der Waals surface area contributed by atoms with Gasteiger partial charge in [0, 0.05) is 38.5 Å². The molecule has 30 heavy (non-hydrogen) atoms. The third-order valence-corrected chi connectivity index (χ3v) is 6.62. The minimum atomic E-state index is 0.244. The van der Waals surface area contributed by atoms with E-state index in [0.717, 1.165) is 64.4 Å². The Balaban J connectivity index is 1.48. The van der Waals surface area contributed by atoms with Gasteiger partial charge in [0.05, 0.1) is 18.7 Å². The van der Waals surface area contributed by atoms with E-state index in [2.05, 4.69) is 71.2 Å². The molecule has 0 amide bonds. The van der Waals surface area contributed by atoms with Gasteiger partial charge in [-0.3, -0.25) is 4.90 Å². The van der Waals surface area contributed by atoms with Gasteiger partial charge in [-0.25, -0.2) is 4.68 Å². The zero-order chi connectivity index (χ0) is 21.1. The van der Waals surface area contributed by atoms with E-state index >= 15 is 0 Å². The third kappa shape index (κ3) is 4.67. The first-order chi connectivity index (χ1) is 14.5. The normalized spacial score (nSPS) is 21.5. The molecule has 1 aromatic heterocycles.